The van der Waals surface area contributed by atoms with Gasteiger partial charge in [-0.15, -0.1) is 0 Å². The molecular formula is C27H22BrNO7. The van der Waals surface area contributed by atoms with Crippen LogP contribution in [0.2, 0.25) is 0 Å². The van der Waals surface area contributed by atoms with Gasteiger partial charge in [0.2, 0.25) is 0 Å². The number of amides is 1. The Morgan fingerprint density at radius 1 is 0.917 bits per heavy atom. The van der Waals surface area contributed by atoms with E-state index < -0.39 is 23.7 Å². The van der Waals surface area contributed by atoms with Crippen LogP contribution in [0.15, 0.2) is 76.8 Å². The third-order valence-corrected chi connectivity index (χ3v) is 6.57. The highest BCUT2D eigenvalue weighted by Gasteiger charge is 2.46. The van der Waals surface area contributed by atoms with E-state index >= 15 is 0 Å². The van der Waals surface area contributed by atoms with Crippen LogP contribution in [0.1, 0.15) is 33.1 Å². The number of carbonyl (C=O) groups is 3. The van der Waals surface area contributed by atoms with Crippen molar-refractivity contribution in [2.75, 3.05) is 14.2 Å². The van der Waals surface area contributed by atoms with Crippen molar-refractivity contribution in [2.45, 2.75) is 12.6 Å². The zero-order valence-corrected chi connectivity index (χ0v) is 21.0. The molecule has 3 aromatic carbocycles. The van der Waals surface area contributed by atoms with Crippen molar-refractivity contribution in [1.82, 2.24) is 4.90 Å². The second kappa shape index (κ2) is 10.2. The van der Waals surface area contributed by atoms with Crippen LogP contribution < -0.4 is 9.47 Å². The third-order valence-electron chi connectivity index (χ3n) is 5.95. The first kappa shape index (κ1) is 25.0. The number of carbonyl (C=O) groups excluding carboxylic acids is 2. The van der Waals surface area contributed by atoms with Crippen molar-refractivity contribution in [3.8, 4) is 11.5 Å². The van der Waals surface area contributed by atoms with Crippen LogP contribution in [0.4, 0.5) is 0 Å². The molecule has 36 heavy (non-hydrogen) atoms. The highest BCUT2D eigenvalue weighted by molar-refractivity contribution is 9.10. The van der Waals surface area contributed by atoms with Crippen LogP contribution >= 0.6 is 15.9 Å². The molecule has 0 aromatic heterocycles. The molecule has 0 aliphatic carbocycles. The Balaban J connectivity index is 1.82. The second-order valence-corrected chi connectivity index (χ2v) is 8.91. The Hall–Kier alpha value is -4.11. The van der Waals surface area contributed by atoms with Crippen LogP contribution in [-0.4, -0.2) is 47.0 Å². The number of likely N-dealkylation sites (tertiary alicyclic amines) is 1. The largest absolute Gasteiger partial charge is 0.507 e. The zero-order valence-electron chi connectivity index (χ0n) is 19.4. The third kappa shape index (κ3) is 4.70. The number of rotatable bonds is 7. The lowest BCUT2D eigenvalue weighted by molar-refractivity contribution is -0.140. The minimum atomic E-state index is -1.06. The maximum absolute atomic E-state index is 13.2. The molecule has 1 heterocycles. The number of hydrogen-bond donors (Lipinski definition) is 2. The van der Waals surface area contributed by atoms with Crippen LogP contribution in [0.5, 0.6) is 11.5 Å². The monoisotopic (exact) mass is 551 g/mol. The molecule has 9 heteroatoms. The van der Waals surface area contributed by atoms with E-state index in [9.17, 15) is 19.5 Å². The van der Waals surface area contributed by atoms with E-state index in [1.165, 1.54) is 31.3 Å². The summed E-state index contributed by atoms with van der Waals surface area (Å²) in [5.41, 5.74) is 1.63. The average Bonchev–Trinajstić information content (AvgIpc) is 3.13. The molecule has 0 bridgehead atoms. The summed E-state index contributed by atoms with van der Waals surface area (Å²) >= 11 is 3.38. The van der Waals surface area contributed by atoms with Crippen molar-refractivity contribution in [3.05, 3.63) is 99.0 Å². The normalized spacial score (nSPS) is 16.8. The van der Waals surface area contributed by atoms with Crippen molar-refractivity contribution in [3.63, 3.8) is 0 Å². The van der Waals surface area contributed by atoms with E-state index in [1.54, 1.807) is 54.6 Å². The molecule has 8 nitrogen and oxygen atoms in total. The number of hydrogen-bond acceptors (Lipinski definition) is 6. The number of halogens is 1. The average molecular weight is 552 g/mol. The van der Waals surface area contributed by atoms with Gasteiger partial charge in [0.25, 0.3) is 11.7 Å². The van der Waals surface area contributed by atoms with E-state index in [2.05, 4.69) is 15.9 Å². The summed E-state index contributed by atoms with van der Waals surface area (Å²) in [7, 11) is 3.04. The Labute approximate surface area is 215 Å². The fourth-order valence-corrected chi connectivity index (χ4v) is 4.64. The number of carboxylic acid groups (broad SMARTS) is 1. The van der Waals surface area contributed by atoms with Crippen LogP contribution in [-0.2, 0) is 16.1 Å². The van der Waals surface area contributed by atoms with E-state index in [0.717, 1.165) is 0 Å². The molecule has 3 aromatic rings. The van der Waals surface area contributed by atoms with Gasteiger partial charge in [-0.3, -0.25) is 9.59 Å². The zero-order chi connectivity index (χ0) is 26.0. The summed E-state index contributed by atoms with van der Waals surface area (Å²) in [5, 5.41) is 20.4. The predicted molar refractivity (Wildman–Crippen MR) is 135 cm³/mol. The lowest BCUT2D eigenvalue weighted by Gasteiger charge is -2.25. The number of ether oxygens (including phenoxy) is 2. The van der Waals surface area contributed by atoms with Crippen LogP contribution in [0.3, 0.4) is 0 Å². The topological polar surface area (TPSA) is 113 Å². The number of carboxylic acids is 1. The lowest BCUT2D eigenvalue weighted by Crippen LogP contribution is -2.29. The Morgan fingerprint density at radius 3 is 2.11 bits per heavy atom. The highest BCUT2D eigenvalue weighted by atomic mass is 79.9. The molecule has 1 unspecified atom stereocenters. The van der Waals surface area contributed by atoms with Gasteiger partial charge in [0.15, 0.2) is 0 Å². The molecule has 1 atom stereocenters. The van der Waals surface area contributed by atoms with E-state index in [4.69, 9.17) is 14.6 Å². The fraction of sp³-hybridized carbons (Fsp3) is 0.148. The molecule has 1 aliphatic heterocycles. The number of aliphatic hydroxyl groups excluding tert-OH is 1. The van der Waals surface area contributed by atoms with Gasteiger partial charge >= 0.3 is 5.97 Å². The molecular weight excluding hydrogens is 530 g/mol. The van der Waals surface area contributed by atoms with Gasteiger partial charge < -0.3 is 24.6 Å². The van der Waals surface area contributed by atoms with Gasteiger partial charge in [0.1, 0.15) is 17.3 Å². The molecule has 0 spiro atoms. The molecule has 0 saturated carbocycles. The Kier molecular flexibility index (Phi) is 7.12. The summed E-state index contributed by atoms with van der Waals surface area (Å²) in [5.74, 6) is -1.83. The van der Waals surface area contributed by atoms with Gasteiger partial charge in [-0.05, 0) is 69.5 Å². The summed E-state index contributed by atoms with van der Waals surface area (Å²) in [4.78, 5) is 39.0. The molecule has 1 fully saturated rings. The number of nitrogens with zero attached hydrogens (tertiary/aromatic N) is 1. The minimum absolute atomic E-state index is 0.0320. The van der Waals surface area contributed by atoms with Crippen molar-refractivity contribution >= 4 is 39.3 Å². The van der Waals surface area contributed by atoms with Gasteiger partial charge in [-0.1, -0.05) is 24.3 Å². The summed E-state index contributed by atoms with van der Waals surface area (Å²) in [6, 6.07) is 16.9. The molecule has 0 radical (unpaired) electrons. The number of ketones is 1. The van der Waals surface area contributed by atoms with Crippen molar-refractivity contribution in [2.24, 2.45) is 0 Å². The first-order valence-corrected chi connectivity index (χ1v) is 11.6. The summed E-state index contributed by atoms with van der Waals surface area (Å²) in [6.45, 7) is 0.0320. The van der Waals surface area contributed by atoms with Crippen LogP contribution in [0, 0.1) is 0 Å². The van der Waals surface area contributed by atoms with E-state index in [1.807, 2.05) is 0 Å². The van der Waals surface area contributed by atoms with E-state index in [-0.39, 0.29) is 23.4 Å². The lowest BCUT2D eigenvalue weighted by atomic mass is 9.95. The van der Waals surface area contributed by atoms with Gasteiger partial charge in [-0.2, -0.15) is 0 Å². The molecule has 1 aliphatic rings. The minimum Gasteiger partial charge on any atom is -0.507 e. The first-order valence-electron chi connectivity index (χ1n) is 10.8. The Bertz CT molecular complexity index is 1360. The standard InChI is InChI=1S/C27H22BrNO7/c1-35-19-10-7-16(8-11-19)23-22(24(30)18-9-12-21(36-2)20(28)13-18)25(31)26(32)29(23)14-15-3-5-17(6-4-15)27(33)34/h3-13,23,30H,14H2,1-2H3,(H,33,34)/b24-22-. The van der Waals surface area contributed by atoms with Gasteiger partial charge in [-0.25, -0.2) is 4.79 Å². The first-order chi connectivity index (χ1) is 17.2. The molecule has 2 N–H and O–H groups in total. The number of methoxy groups -OCH3 is 2. The van der Waals surface area contributed by atoms with Crippen LogP contribution in [0.25, 0.3) is 5.76 Å². The van der Waals surface area contributed by atoms with E-state index in [0.29, 0.717) is 32.7 Å². The second-order valence-electron chi connectivity index (χ2n) is 8.05. The number of aliphatic hydroxyl groups is 1. The highest BCUT2D eigenvalue weighted by Crippen LogP contribution is 2.41. The molecule has 184 valence electrons. The van der Waals surface area contributed by atoms with Gasteiger partial charge in [0, 0.05) is 12.1 Å². The van der Waals surface area contributed by atoms with Crippen molar-refractivity contribution < 1.29 is 34.1 Å². The predicted octanol–water partition coefficient (Wildman–Crippen LogP) is 4.79. The SMILES string of the molecule is COc1ccc(C2/C(=C(/O)c3ccc(OC)c(Br)c3)C(=O)C(=O)N2Cc2ccc(C(=O)O)cc2)cc1. The number of benzene rings is 3. The molecule has 4 rings (SSSR count). The Morgan fingerprint density at radius 2 is 1.56 bits per heavy atom. The smallest absolute Gasteiger partial charge is 0.335 e. The summed E-state index contributed by atoms with van der Waals surface area (Å²) < 4.78 is 11.0. The molecule has 1 saturated heterocycles. The quantitative estimate of drug-likeness (QED) is 0.246. The maximum atomic E-state index is 13.2. The number of Topliss-reactive ketones (excluding diaryl/α,β-unsaturated/α-hetero) is 1. The summed E-state index contributed by atoms with van der Waals surface area (Å²) in [6.07, 6.45) is 0. The van der Waals surface area contributed by atoms with Crippen molar-refractivity contribution in [1.29, 1.82) is 0 Å². The fourth-order valence-electron chi connectivity index (χ4n) is 4.09. The number of aromatic carboxylic acids is 1. The molecule has 1 amide bonds. The maximum Gasteiger partial charge on any atom is 0.335 e. The van der Waals surface area contributed by atoms with Gasteiger partial charge in [0.05, 0.1) is 35.9 Å².